The summed E-state index contributed by atoms with van der Waals surface area (Å²) in [5.41, 5.74) is 2.64. The lowest BCUT2D eigenvalue weighted by Crippen LogP contribution is -2.37. The number of nitrogens with zero attached hydrogens (tertiary/aromatic N) is 1. The van der Waals surface area contributed by atoms with Crippen molar-refractivity contribution in [2.75, 3.05) is 32.9 Å². The summed E-state index contributed by atoms with van der Waals surface area (Å²) < 4.78 is 5.53. The maximum Gasteiger partial charge on any atom is 0.0601 e. The molecule has 3 rings (SSSR count). The number of benzene rings is 2. The minimum atomic E-state index is 0.233. The molecule has 0 radical (unpaired) electrons. The molecule has 0 amide bonds. The molecule has 1 N–H and O–H groups in total. The second-order valence-electron chi connectivity index (χ2n) is 6.85. The fraction of sp³-hybridized carbons (Fsp3) is 0.455. The molecule has 134 valence electrons. The number of aliphatic hydroxyl groups excluding tert-OH is 1. The summed E-state index contributed by atoms with van der Waals surface area (Å²) in [5, 5.41) is 9.40. The quantitative estimate of drug-likeness (QED) is 0.792. The van der Waals surface area contributed by atoms with Crippen molar-refractivity contribution in [3.05, 3.63) is 71.8 Å². The molecule has 25 heavy (non-hydrogen) atoms. The average Bonchev–Trinajstić information content (AvgIpc) is 2.69. The second kappa shape index (κ2) is 9.71. The molecule has 2 aromatic carbocycles. The largest absolute Gasteiger partial charge is 0.396 e. The third kappa shape index (κ3) is 5.15. The van der Waals surface area contributed by atoms with Gasteiger partial charge in [-0.3, -0.25) is 4.90 Å². The van der Waals surface area contributed by atoms with E-state index in [1.54, 1.807) is 0 Å². The minimum absolute atomic E-state index is 0.233. The summed E-state index contributed by atoms with van der Waals surface area (Å²) in [4.78, 5) is 2.55. The Balaban J connectivity index is 1.88. The van der Waals surface area contributed by atoms with Crippen LogP contribution in [0.1, 0.15) is 36.4 Å². The second-order valence-corrected chi connectivity index (χ2v) is 6.85. The van der Waals surface area contributed by atoms with Gasteiger partial charge in [0.15, 0.2) is 0 Å². The average molecular weight is 339 g/mol. The van der Waals surface area contributed by atoms with Crippen LogP contribution in [0, 0.1) is 5.92 Å². The zero-order valence-corrected chi connectivity index (χ0v) is 14.9. The van der Waals surface area contributed by atoms with Gasteiger partial charge in [-0.2, -0.15) is 0 Å². The molecule has 0 aliphatic carbocycles. The predicted octanol–water partition coefficient (Wildman–Crippen LogP) is 3.89. The monoisotopic (exact) mass is 339 g/mol. The topological polar surface area (TPSA) is 32.7 Å². The maximum absolute atomic E-state index is 9.40. The highest BCUT2D eigenvalue weighted by molar-refractivity contribution is 5.31. The Kier molecular flexibility index (Phi) is 7.04. The SMILES string of the molecule is OCCCN(CC1CCOCC1)C(c1ccccc1)c1ccccc1. The summed E-state index contributed by atoms with van der Waals surface area (Å²) in [5.74, 6) is 0.669. The third-order valence-electron chi connectivity index (χ3n) is 5.03. The molecule has 0 saturated carbocycles. The zero-order valence-electron chi connectivity index (χ0n) is 14.9. The van der Waals surface area contributed by atoms with Crippen molar-refractivity contribution in [3.63, 3.8) is 0 Å². The van der Waals surface area contributed by atoms with Crippen LogP contribution >= 0.6 is 0 Å². The van der Waals surface area contributed by atoms with E-state index < -0.39 is 0 Å². The van der Waals surface area contributed by atoms with Crippen molar-refractivity contribution >= 4 is 0 Å². The first kappa shape index (κ1) is 18.1. The van der Waals surface area contributed by atoms with Gasteiger partial charge in [0.2, 0.25) is 0 Å². The number of ether oxygens (including phenoxy) is 1. The Morgan fingerprint density at radius 2 is 1.48 bits per heavy atom. The van der Waals surface area contributed by atoms with E-state index >= 15 is 0 Å². The van der Waals surface area contributed by atoms with Gasteiger partial charge in [0.1, 0.15) is 0 Å². The Bertz CT molecular complexity index is 556. The van der Waals surface area contributed by atoms with E-state index in [0.29, 0.717) is 5.92 Å². The molecule has 0 atom stereocenters. The minimum Gasteiger partial charge on any atom is -0.396 e. The lowest BCUT2D eigenvalue weighted by molar-refractivity contribution is 0.0467. The van der Waals surface area contributed by atoms with Crippen molar-refractivity contribution in [1.82, 2.24) is 4.90 Å². The molecule has 1 aliphatic rings. The summed E-state index contributed by atoms with van der Waals surface area (Å²) in [7, 11) is 0. The van der Waals surface area contributed by atoms with Gasteiger partial charge in [0, 0.05) is 32.9 Å². The highest BCUT2D eigenvalue weighted by Gasteiger charge is 2.25. The van der Waals surface area contributed by atoms with Crippen LogP contribution in [0.2, 0.25) is 0 Å². The summed E-state index contributed by atoms with van der Waals surface area (Å²) in [6.45, 7) is 3.94. The van der Waals surface area contributed by atoms with E-state index in [4.69, 9.17) is 4.74 Å². The van der Waals surface area contributed by atoms with Gasteiger partial charge in [-0.25, -0.2) is 0 Å². The van der Waals surface area contributed by atoms with E-state index in [1.165, 1.54) is 11.1 Å². The number of hydrogen-bond donors (Lipinski definition) is 1. The standard InChI is InChI=1S/C22H29NO2/c24-15-7-14-23(18-19-12-16-25-17-13-19)22(20-8-3-1-4-9-20)21-10-5-2-6-11-21/h1-6,8-11,19,22,24H,7,12-18H2. The normalized spacial score (nSPS) is 15.8. The molecule has 0 spiro atoms. The van der Waals surface area contributed by atoms with Gasteiger partial charge in [-0.05, 0) is 36.3 Å². The van der Waals surface area contributed by atoms with E-state index in [1.807, 2.05) is 0 Å². The van der Waals surface area contributed by atoms with Crippen LogP contribution in [0.25, 0.3) is 0 Å². The fourth-order valence-corrected chi connectivity index (χ4v) is 3.74. The summed E-state index contributed by atoms with van der Waals surface area (Å²) >= 11 is 0. The first-order valence-electron chi connectivity index (χ1n) is 9.41. The van der Waals surface area contributed by atoms with E-state index in [0.717, 1.165) is 45.6 Å². The fourth-order valence-electron chi connectivity index (χ4n) is 3.74. The van der Waals surface area contributed by atoms with Crippen LogP contribution in [0.15, 0.2) is 60.7 Å². The lowest BCUT2D eigenvalue weighted by atomic mass is 9.93. The third-order valence-corrected chi connectivity index (χ3v) is 5.03. The molecule has 0 unspecified atom stereocenters. The Labute approximate surface area is 151 Å². The van der Waals surface area contributed by atoms with Crippen molar-refractivity contribution in [3.8, 4) is 0 Å². The van der Waals surface area contributed by atoms with E-state index in [-0.39, 0.29) is 12.6 Å². The first-order chi connectivity index (χ1) is 12.4. The highest BCUT2D eigenvalue weighted by atomic mass is 16.5. The molecule has 1 heterocycles. The Morgan fingerprint density at radius 1 is 0.920 bits per heavy atom. The van der Waals surface area contributed by atoms with Crippen molar-refractivity contribution < 1.29 is 9.84 Å². The zero-order chi connectivity index (χ0) is 17.3. The van der Waals surface area contributed by atoms with Gasteiger partial charge in [-0.1, -0.05) is 60.7 Å². The maximum atomic E-state index is 9.40. The highest BCUT2D eigenvalue weighted by Crippen LogP contribution is 2.31. The van der Waals surface area contributed by atoms with Crippen molar-refractivity contribution in [1.29, 1.82) is 0 Å². The van der Waals surface area contributed by atoms with Gasteiger partial charge in [-0.15, -0.1) is 0 Å². The van der Waals surface area contributed by atoms with E-state index in [2.05, 4.69) is 65.6 Å². The molecule has 1 aliphatic heterocycles. The van der Waals surface area contributed by atoms with Crippen LogP contribution in [-0.4, -0.2) is 42.9 Å². The van der Waals surface area contributed by atoms with Crippen LogP contribution in [0.3, 0.4) is 0 Å². The molecule has 2 aromatic rings. The Morgan fingerprint density at radius 3 is 2.00 bits per heavy atom. The number of hydrogen-bond acceptors (Lipinski definition) is 3. The summed E-state index contributed by atoms with van der Waals surface area (Å²) in [6.07, 6.45) is 3.07. The van der Waals surface area contributed by atoms with Gasteiger partial charge in [0.25, 0.3) is 0 Å². The molecule has 0 bridgehead atoms. The lowest BCUT2D eigenvalue weighted by Gasteiger charge is -2.36. The number of rotatable bonds is 8. The van der Waals surface area contributed by atoms with Crippen LogP contribution in [0.4, 0.5) is 0 Å². The van der Waals surface area contributed by atoms with Crippen molar-refractivity contribution in [2.45, 2.75) is 25.3 Å². The summed E-state index contributed by atoms with van der Waals surface area (Å²) in [6, 6.07) is 21.7. The van der Waals surface area contributed by atoms with Crippen LogP contribution in [0.5, 0.6) is 0 Å². The molecule has 1 saturated heterocycles. The Hall–Kier alpha value is -1.68. The number of aliphatic hydroxyl groups is 1. The van der Waals surface area contributed by atoms with Gasteiger partial charge < -0.3 is 9.84 Å². The van der Waals surface area contributed by atoms with E-state index in [9.17, 15) is 5.11 Å². The molecule has 0 aromatic heterocycles. The molecule has 3 heteroatoms. The smallest absolute Gasteiger partial charge is 0.0601 e. The molecular weight excluding hydrogens is 310 g/mol. The van der Waals surface area contributed by atoms with Crippen LogP contribution < -0.4 is 0 Å². The molecule has 3 nitrogen and oxygen atoms in total. The molecule has 1 fully saturated rings. The van der Waals surface area contributed by atoms with Crippen LogP contribution in [-0.2, 0) is 4.74 Å². The first-order valence-corrected chi connectivity index (χ1v) is 9.41. The van der Waals surface area contributed by atoms with Gasteiger partial charge >= 0.3 is 0 Å². The van der Waals surface area contributed by atoms with Gasteiger partial charge in [0.05, 0.1) is 6.04 Å². The molecular formula is C22H29NO2. The van der Waals surface area contributed by atoms with Crippen molar-refractivity contribution in [2.24, 2.45) is 5.92 Å². The predicted molar refractivity (Wildman–Crippen MR) is 102 cm³/mol.